The fourth-order valence-corrected chi connectivity index (χ4v) is 2.77. The van der Waals surface area contributed by atoms with Crippen molar-refractivity contribution < 1.29 is 9.32 Å². The maximum absolute atomic E-state index is 12.0. The number of benzene rings is 1. The van der Waals surface area contributed by atoms with Crippen molar-refractivity contribution in [3.63, 3.8) is 0 Å². The van der Waals surface area contributed by atoms with Crippen LogP contribution in [0.4, 0.5) is 0 Å². The largest absolute Gasteiger partial charge is 0.352 e. The SMILES string of the molecule is Cc1noc(CCCNC(=O)c2ccc(Cl)cc2I)n1. The van der Waals surface area contributed by atoms with Gasteiger partial charge in [-0.1, -0.05) is 16.8 Å². The van der Waals surface area contributed by atoms with Gasteiger partial charge in [0.25, 0.3) is 5.91 Å². The molecule has 1 heterocycles. The Morgan fingerprint density at radius 1 is 1.50 bits per heavy atom. The molecule has 106 valence electrons. The topological polar surface area (TPSA) is 68.0 Å². The van der Waals surface area contributed by atoms with E-state index in [0.29, 0.717) is 35.3 Å². The Morgan fingerprint density at radius 2 is 2.30 bits per heavy atom. The zero-order valence-corrected chi connectivity index (χ0v) is 13.7. The van der Waals surface area contributed by atoms with Crippen molar-refractivity contribution in [1.82, 2.24) is 15.5 Å². The molecule has 5 nitrogen and oxygen atoms in total. The van der Waals surface area contributed by atoms with Gasteiger partial charge in [-0.15, -0.1) is 0 Å². The molecule has 0 atom stereocenters. The van der Waals surface area contributed by atoms with Gasteiger partial charge in [0.1, 0.15) is 0 Å². The number of hydrogen-bond acceptors (Lipinski definition) is 4. The fraction of sp³-hybridized carbons (Fsp3) is 0.308. The third kappa shape index (κ3) is 4.17. The molecule has 0 aliphatic rings. The van der Waals surface area contributed by atoms with E-state index in [1.807, 2.05) is 0 Å². The highest BCUT2D eigenvalue weighted by Gasteiger charge is 2.10. The molecule has 0 aliphatic heterocycles. The zero-order valence-electron chi connectivity index (χ0n) is 10.8. The van der Waals surface area contributed by atoms with Crippen LogP contribution in [0.15, 0.2) is 22.7 Å². The molecule has 7 heteroatoms. The maximum atomic E-state index is 12.0. The molecule has 0 fully saturated rings. The Hall–Kier alpha value is -1.15. The first-order valence-electron chi connectivity index (χ1n) is 6.08. The van der Waals surface area contributed by atoms with Gasteiger partial charge in [0.05, 0.1) is 5.56 Å². The lowest BCUT2D eigenvalue weighted by atomic mass is 10.2. The summed E-state index contributed by atoms with van der Waals surface area (Å²) >= 11 is 7.95. The number of nitrogens with one attached hydrogen (secondary N) is 1. The van der Waals surface area contributed by atoms with Crippen LogP contribution in [0.2, 0.25) is 5.02 Å². The van der Waals surface area contributed by atoms with E-state index < -0.39 is 0 Å². The van der Waals surface area contributed by atoms with Crippen LogP contribution in [0, 0.1) is 10.5 Å². The molecular weight excluding hydrogens is 393 g/mol. The summed E-state index contributed by atoms with van der Waals surface area (Å²) in [5.41, 5.74) is 0.628. The van der Waals surface area contributed by atoms with E-state index in [4.69, 9.17) is 16.1 Å². The van der Waals surface area contributed by atoms with Crippen molar-refractivity contribution in [3.05, 3.63) is 44.1 Å². The predicted octanol–water partition coefficient (Wildman–Crippen LogP) is 3.00. The first-order valence-corrected chi connectivity index (χ1v) is 7.54. The van der Waals surface area contributed by atoms with Crippen molar-refractivity contribution in [3.8, 4) is 0 Å². The highest BCUT2D eigenvalue weighted by molar-refractivity contribution is 14.1. The average Bonchev–Trinajstić information content (AvgIpc) is 2.80. The standard InChI is InChI=1S/C13H13ClIN3O2/c1-8-17-12(20-18-8)3-2-6-16-13(19)10-5-4-9(14)7-11(10)15/h4-5,7H,2-3,6H2,1H3,(H,16,19). The first kappa shape index (κ1) is 15.2. The molecule has 20 heavy (non-hydrogen) atoms. The summed E-state index contributed by atoms with van der Waals surface area (Å²) in [7, 11) is 0. The number of rotatable bonds is 5. The minimum Gasteiger partial charge on any atom is -0.352 e. The number of aryl methyl sites for hydroxylation is 2. The van der Waals surface area contributed by atoms with E-state index in [2.05, 4.69) is 38.0 Å². The summed E-state index contributed by atoms with van der Waals surface area (Å²) in [4.78, 5) is 16.1. The molecule has 1 aromatic carbocycles. The molecule has 2 aromatic rings. The molecule has 0 bridgehead atoms. The van der Waals surface area contributed by atoms with Gasteiger partial charge < -0.3 is 9.84 Å². The van der Waals surface area contributed by atoms with Gasteiger partial charge in [0, 0.05) is 21.6 Å². The van der Waals surface area contributed by atoms with Gasteiger partial charge in [-0.05, 0) is 54.1 Å². The molecule has 0 unspecified atom stereocenters. The van der Waals surface area contributed by atoms with E-state index >= 15 is 0 Å². The summed E-state index contributed by atoms with van der Waals surface area (Å²) in [6.45, 7) is 2.33. The lowest BCUT2D eigenvalue weighted by Gasteiger charge is -2.06. The van der Waals surface area contributed by atoms with Crippen molar-refractivity contribution in [1.29, 1.82) is 0 Å². The lowest BCUT2D eigenvalue weighted by Crippen LogP contribution is -2.25. The molecule has 1 aromatic heterocycles. The number of amides is 1. The molecule has 0 spiro atoms. The minimum atomic E-state index is -0.104. The molecule has 0 aliphatic carbocycles. The quantitative estimate of drug-likeness (QED) is 0.613. The second kappa shape index (κ2) is 7.03. The third-order valence-electron chi connectivity index (χ3n) is 2.60. The van der Waals surface area contributed by atoms with Crippen molar-refractivity contribution in [2.45, 2.75) is 19.8 Å². The zero-order chi connectivity index (χ0) is 14.5. The average molecular weight is 406 g/mol. The van der Waals surface area contributed by atoms with Crippen LogP contribution in [-0.2, 0) is 6.42 Å². The van der Waals surface area contributed by atoms with Crippen LogP contribution in [0.3, 0.4) is 0 Å². The second-order valence-electron chi connectivity index (χ2n) is 4.22. The van der Waals surface area contributed by atoms with Crippen LogP contribution in [0.25, 0.3) is 0 Å². The molecule has 1 N–H and O–H groups in total. The number of aromatic nitrogens is 2. The van der Waals surface area contributed by atoms with Crippen LogP contribution >= 0.6 is 34.2 Å². The Kier molecular flexibility index (Phi) is 5.36. The van der Waals surface area contributed by atoms with E-state index in [0.717, 1.165) is 9.99 Å². The smallest absolute Gasteiger partial charge is 0.252 e. The molecule has 0 saturated carbocycles. The molecule has 0 radical (unpaired) electrons. The van der Waals surface area contributed by atoms with E-state index in [-0.39, 0.29) is 5.91 Å². The Bertz CT molecular complexity index is 615. The van der Waals surface area contributed by atoms with Gasteiger partial charge in [0.2, 0.25) is 5.89 Å². The fourth-order valence-electron chi connectivity index (χ4n) is 1.65. The van der Waals surface area contributed by atoms with E-state index in [9.17, 15) is 4.79 Å². The van der Waals surface area contributed by atoms with Crippen LogP contribution < -0.4 is 5.32 Å². The minimum absolute atomic E-state index is 0.104. The Balaban J connectivity index is 1.80. The summed E-state index contributed by atoms with van der Waals surface area (Å²) < 4.78 is 5.83. The number of carbonyl (C=O) groups is 1. The normalized spacial score (nSPS) is 10.6. The third-order valence-corrected chi connectivity index (χ3v) is 3.73. The second-order valence-corrected chi connectivity index (χ2v) is 5.82. The van der Waals surface area contributed by atoms with E-state index in [1.54, 1.807) is 25.1 Å². The van der Waals surface area contributed by atoms with Crippen LogP contribution in [0.5, 0.6) is 0 Å². The Labute approximate surface area is 135 Å². The van der Waals surface area contributed by atoms with Gasteiger partial charge >= 0.3 is 0 Å². The summed E-state index contributed by atoms with van der Waals surface area (Å²) in [6, 6.07) is 5.19. The molecule has 0 saturated heterocycles. The van der Waals surface area contributed by atoms with Crippen molar-refractivity contribution >= 4 is 40.1 Å². The number of halogens is 2. The summed E-state index contributed by atoms with van der Waals surface area (Å²) in [6.07, 6.45) is 1.40. The number of nitrogens with zero attached hydrogens (tertiary/aromatic N) is 2. The summed E-state index contributed by atoms with van der Waals surface area (Å²) in [5, 5.41) is 7.19. The highest BCUT2D eigenvalue weighted by atomic mass is 127. The van der Waals surface area contributed by atoms with Gasteiger partial charge in [-0.25, -0.2) is 0 Å². The monoisotopic (exact) mass is 405 g/mol. The van der Waals surface area contributed by atoms with Crippen LogP contribution in [0.1, 0.15) is 28.5 Å². The van der Waals surface area contributed by atoms with E-state index in [1.165, 1.54) is 0 Å². The maximum Gasteiger partial charge on any atom is 0.252 e. The molecular formula is C13H13ClIN3O2. The number of carbonyl (C=O) groups excluding carboxylic acids is 1. The number of hydrogen-bond donors (Lipinski definition) is 1. The van der Waals surface area contributed by atoms with Gasteiger partial charge in [0.15, 0.2) is 5.82 Å². The first-order chi connectivity index (χ1) is 9.56. The summed E-state index contributed by atoms with van der Waals surface area (Å²) in [5.74, 6) is 1.12. The predicted molar refractivity (Wildman–Crippen MR) is 83.9 cm³/mol. The molecule has 2 rings (SSSR count). The Morgan fingerprint density at radius 3 is 2.95 bits per heavy atom. The van der Waals surface area contributed by atoms with Crippen LogP contribution in [-0.4, -0.2) is 22.6 Å². The van der Waals surface area contributed by atoms with Crippen molar-refractivity contribution in [2.24, 2.45) is 0 Å². The van der Waals surface area contributed by atoms with Crippen molar-refractivity contribution in [2.75, 3.05) is 6.54 Å². The molecule has 1 amide bonds. The van der Waals surface area contributed by atoms with Gasteiger partial charge in [-0.2, -0.15) is 4.98 Å². The lowest BCUT2D eigenvalue weighted by molar-refractivity contribution is 0.0952. The van der Waals surface area contributed by atoms with Gasteiger partial charge in [-0.3, -0.25) is 4.79 Å². The highest BCUT2D eigenvalue weighted by Crippen LogP contribution is 2.17.